The highest BCUT2D eigenvalue weighted by Crippen LogP contribution is 2.36. The smallest absolute Gasteiger partial charge is 0.122 e. The molecule has 0 fully saturated rings. The number of rotatable bonds is 5. The lowest BCUT2D eigenvalue weighted by molar-refractivity contribution is 0.301. The van der Waals surface area contributed by atoms with Crippen molar-refractivity contribution in [1.29, 1.82) is 0 Å². The van der Waals surface area contributed by atoms with Gasteiger partial charge in [-0.15, -0.1) is 0 Å². The average Bonchev–Trinajstić information content (AvgIpc) is 2.79. The van der Waals surface area contributed by atoms with E-state index in [9.17, 15) is 0 Å². The van der Waals surface area contributed by atoms with Crippen LogP contribution in [0.25, 0.3) is 0 Å². The van der Waals surface area contributed by atoms with Gasteiger partial charge in [-0.3, -0.25) is 0 Å². The summed E-state index contributed by atoms with van der Waals surface area (Å²) in [6.07, 6.45) is 2.07. The molecule has 2 nitrogen and oxygen atoms in total. The van der Waals surface area contributed by atoms with Crippen LogP contribution in [0.5, 0.6) is 5.75 Å². The van der Waals surface area contributed by atoms with Gasteiger partial charge in [-0.05, 0) is 26.0 Å². The molecule has 92 valence electrons. The van der Waals surface area contributed by atoms with Crippen LogP contribution in [-0.2, 0) is 0 Å². The van der Waals surface area contributed by atoms with Crippen molar-refractivity contribution >= 4 is 0 Å². The van der Waals surface area contributed by atoms with Crippen LogP contribution in [0.4, 0.5) is 0 Å². The van der Waals surface area contributed by atoms with Crippen molar-refractivity contribution in [2.75, 3.05) is 13.7 Å². The molecule has 1 N–H and O–H groups in total. The maximum Gasteiger partial charge on any atom is 0.122 e. The van der Waals surface area contributed by atoms with Crippen LogP contribution in [0.2, 0.25) is 0 Å². The first-order chi connectivity index (χ1) is 8.26. The van der Waals surface area contributed by atoms with Gasteiger partial charge in [0.2, 0.25) is 0 Å². The lowest BCUT2D eigenvalue weighted by Crippen LogP contribution is -2.33. The fourth-order valence-corrected chi connectivity index (χ4v) is 2.42. The second kappa shape index (κ2) is 5.37. The van der Waals surface area contributed by atoms with E-state index in [1.807, 2.05) is 13.1 Å². The van der Waals surface area contributed by atoms with E-state index < -0.39 is 0 Å². The zero-order valence-electron chi connectivity index (χ0n) is 10.7. The van der Waals surface area contributed by atoms with Crippen LogP contribution in [0.1, 0.15) is 31.2 Å². The fraction of sp³-hybridized carbons (Fsp3) is 0.467. The Balaban J connectivity index is 2.14. The van der Waals surface area contributed by atoms with Crippen LogP contribution >= 0.6 is 0 Å². The number of para-hydroxylation sites is 1. The highest BCUT2D eigenvalue weighted by atomic mass is 16.5. The minimum atomic E-state index is 0.422. The lowest BCUT2D eigenvalue weighted by Gasteiger charge is -2.23. The molecule has 0 spiro atoms. The zero-order valence-corrected chi connectivity index (χ0v) is 10.7. The minimum absolute atomic E-state index is 0.422. The van der Waals surface area contributed by atoms with Crippen molar-refractivity contribution in [3.8, 4) is 5.75 Å². The predicted octanol–water partition coefficient (Wildman–Crippen LogP) is 3.11. The van der Waals surface area contributed by atoms with Crippen LogP contribution < -0.4 is 10.1 Å². The highest BCUT2D eigenvalue weighted by molar-refractivity contribution is 5.40. The second-order valence-electron chi connectivity index (χ2n) is 4.66. The molecular weight excluding hydrogens is 210 g/mol. The van der Waals surface area contributed by atoms with Gasteiger partial charge in [0.1, 0.15) is 5.75 Å². The molecule has 0 aliphatic carbocycles. The van der Waals surface area contributed by atoms with Gasteiger partial charge in [-0.2, -0.15) is 0 Å². The third-order valence-electron chi connectivity index (χ3n) is 3.60. The number of hydrogen-bond donors (Lipinski definition) is 1. The van der Waals surface area contributed by atoms with Crippen molar-refractivity contribution in [3.05, 3.63) is 42.0 Å². The van der Waals surface area contributed by atoms with E-state index in [2.05, 4.69) is 37.0 Å². The van der Waals surface area contributed by atoms with Gasteiger partial charge in [0.05, 0.1) is 6.61 Å². The summed E-state index contributed by atoms with van der Waals surface area (Å²) < 4.78 is 5.74. The Morgan fingerprint density at radius 3 is 3.00 bits per heavy atom. The third-order valence-corrected chi connectivity index (χ3v) is 3.60. The second-order valence-corrected chi connectivity index (χ2v) is 4.66. The minimum Gasteiger partial charge on any atom is -0.493 e. The van der Waals surface area contributed by atoms with Gasteiger partial charge in [0.15, 0.2) is 0 Å². The highest BCUT2D eigenvalue weighted by Gasteiger charge is 2.30. The Morgan fingerprint density at radius 2 is 2.29 bits per heavy atom. The number of benzene rings is 1. The zero-order chi connectivity index (χ0) is 12.3. The summed E-state index contributed by atoms with van der Waals surface area (Å²) in [7, 11) is 2.02. The van der Waals surface area contributed by atoms with E-state index in [0.717, 1.165) is 25.2 Å². The quantitative estimate of drug-likeness (QED) is 0.786. The molecule has 1 aromatic rings. The van der Waals surface area contributed by atoms with Crippen molar-refractivity contribution in [2.24, 2.45) is 0 Å². The molecule has 0 saturated heterocycles. The molecule has 2 atom stereocenters. The van der Waals surface area contributed by atoms with Crippen LogP contribution in [0.3, 0.4) is 0 Å². The van der Waals surface area contributed by atoms with Gasteiger partial charge in [-0.1, -0.05) is 37.3 Å². The topological polar surface area (TPSA) is 21.3 Å². The molecule has 2 heteroatoms. The number of fused-ring (bicyclic) bond motifs is 1. The summed E-state index contributed by atoms with van der Waals surface area (Å²) in [6, 6.07) is 8.76. The van der Waals surface area contributed by atoms with E-state index in [1.54, 1.807) is 0 Å². The first kappa shape index (κ1) is 12.2. The number of likely N-dealkylation sites (N-methyl/N-ethyl adjacent to an activating group) is 1. The molecule has 1 aliphatic rings. The van der Waals surface area contributed by atoms with Crippen molar-refractivity contribution in [1.82, 2.24) is 5.32 Å². The monoisotopic (exact) mass is 231 g/mol. The number of nitrogens with one attached hydrogen (secondary N) is 1. The van der Waals surface area contributed by atoms with Crippen LogP contribution in [0.15, 0.2) is 36.4 Å². The van der Waals surface area contributed by atoms with E-state index >= 15 is 0 Å². The molecule has 0 amide bonds. The van der Waals surface area contributed by atoms with Gasteiger partial charge in [-0.25, -0.2) is 0 Å². The normalized spacial score (nSPS) is 19.5. The van der Waals surface area contributed by atoms with E-state index in [0.29, 0.717) is 12.0 Å². The van der Waals surface area contributed by atoms with E-state index in [4.69, 9.17) is 4.74 Å². The molecule has 17 heavy (non-hydrogen) atoms. The fourth-order valence-electron chi connectivity index (χ4n) is 2.42. The SMILES string of the molecule is C=C(CC)CC(NC)C1COc2ccccc21. The van der Waals surface area contributed by atoms with Gasteiger partial charge < -0.3 is 10.1 Å². The van der Waals surface area contributed by atoms with Crippen LogP contribution in [-0.4, -0.2) is 19.7 Å². The molecule has 0 aromatic heterocycles. The molecule has 0 saturated carbocycles. The largest absolute Gasteiger partial charge is 0.493 e. The summed E-state index contributed by atoms with van der Waals surface area (Å²) in [5, 5.41) is 3.41. The number of ether oxygens (including phenoxy) is 1. The standard InChI is InChI=1S/C15H21NO/c1-4-11(2)9-14(16-3)13-10-17-15-8-6-5-7-12(13)15/h5-8,13-14,16H,2,4,9-10H2,1,3H3. The molecule has 0 radical (unpaired) electrons. The van der Waals surface area contributed by atoms with Gasteiger partial charge in [0.25, 0.3) is 0 Å². The third kappa shape index (κ3) is 2.52. The summed E-state index contributed by atoms with van der Waals surface area (Å²) in [5.41, 5.74) is 2.63. The maximum absolute atomic E-state index is 5.74. The molecule has 2 unspecified atom stereocenters. The Bertz CT molecular complexity index is 400. The molecule has 1 heterocycles. The maximum atomic E-state index is 5.74. The Morgan fingerprint density at radius 1 is 1.53 bits per heavy atom. The van der Waals surface area contributed by atoms with Crippen molar-refractivity contribution < 1.29 is 4.74 Å². The van der Waals surface area contributed by atoms with E-state index in [1.165, 1.54) is 11.1 Å². The van der Waals surface area contributed by atoms with Crippen LogP contribution in [0, 0.1) is 0 Å². The van der Waals surface area contributed by atoms with Gasteiger partial charge in [0, 0.05) is 17.5 Å². The molecule has 1 aliphatic heterocycles. The summed E-state index contributed by atoms with van der Waals surface area (Å²) >= 11 is 0. The molecule has 0 bridgehead atoms. The Hall–Kier alpha value is -1.28. The Labute approximate surface area is 104 Å². The molecular formula is C15H21NO. The number of hydrogen-bond acceptors (Lipinski definition) is 2. The first-order valence-corrected chi connectivity index (χ1v) is 6.32. The summed E-state index contributed by atoms with van der Waals surface area (Å²) in [6.45, 7) is 7.05. The predicted molar refractivity (Wildman–Crippen MR) is 71.6 cm³/mol. The summed E-state index contributed by atoms with van der Waals surface area (Å²) in [5.74, 6) is 1.49. The van der Waals surface area contributed by atoms with Gasteiger partial charge >= 0.3 is 0 Å². The Kier molecular flexibility index (Phi) is 3.85. The van der Waals surface area contributed by atoms with E-state index in [-0.39, 0.29) is 0 Å². The van der Waals surface area contributed by atoms with Crippen molar-refractivity contribution in [3.63, 3.8) is 0 Å². The summed E-state index contributed by atoms with van der Waals surface area (Å²) in [4.78, 5) is 0. The van der Waals surface area contributed by atoms with Crippen molar-refractivity contribution in [2.45, 2.75) is 31.7 Å². The lowest BCUT2D eigenvalue weighted by atomic mass is 9.89. The first-order valence-electron chi connectivity index (χ1n) is 6.32. The molecule has 1 aromatic carbocycles. The average molecular weight is 231 g/mol. The molecule has 2 rings (SSSR count).